The second-order valence-electron chi connectivity index (χ2n) is 6.07. The van der Waals surface area contributed by atoms with Crippen LogP contribution in [-0.2, 0) is 0 Å². The lowest BCUT2D eigenvalue weighted by Gasteiger charge is -2.20. The van der Waals surface area contributed by atoms with Crippen LogP contribution in [0.15, 0.2) is 48.5 Å². The van der Waals surface area contributed by atoms with Crippen molar-refractivity contribution in [2.45, 2.75) is 26.3 Å². The Kier molecular flexibility index (Phi) is 5.06. The molecule has 0 aliphatic heterocycles. The van der Waals surface area contributed by atoms with Crippen LogP contribution in [0.4, 0.5) is 4.79 Å². The van der Waals surface area contributed by atoms with Crippen LogP contribution in [0.25, 0.3) is 0 Å². The minimum absolute atomic E-state index is 0.194. The van der Waals surface area contributed by atoms with Gasteiger partial charge in [-0.05, 0) is 45.0 Å². The van der Waals surface area contributed by atoms with Crippen molar-refractivity contribution in [3.05, 3.63) is 64.7 Å². The van der Waals surface area contributed by atoms with E-state index in [0.717, 1.165) is 0 Å². The van der Waals surface area contributed by atoms with E-state index in [9.17, 15) is 9.59 Å². The van der Waals surface area contributed by atoms with Crippen LogP contribution in [0.1, 0.15) is 36.7 Å². The molecular weight excluding hydrogens is 314 g/mol. The maximum atomic E-state index is 12.7. The van der Waals surface area contributed by atoms with E-state index < -0.39 is 11.6 Å². The number of carbonyl (C=O) groups is 2. The fourth-order valence-corrected chi connectivity index (χ4v) is 2.19. The molecule has 2 aromatic rings. The highest BCUT2D eigenvalue weighted by Gasteiger charge is 2.20. The van der Waals surface area contributed by atoms with Crippen molar-refractivity contribution >= 4 is 23.5 Å². The number of ether oxygens (including phenoxy) is 1. The van der Waals surface area contributed by atoms with Gasteiger partial charge >= 0.3 is 6.09 Å². The highest BCUT2D eigenvalue weighted by atomic mass is 35.5. The molecule has 5 heteroatoms. The first kappa shape index (κ1) is 17.0. The average Bonchev–Trinajstić information content (AvgIpc) is 2.45. The summed E-state index contributed by atoms with van der Waals surface area (Å²) >= 11 is 6.07. The standard InChI is InChI=1S/C18H18ClNO3/c1-18(2,3)20-17(22)23-15-11-7-5-9-13(15)16(21)12-8-4-6-10-14(12)19/h4-11H,1-3H3,(H,20,22). The molecule has 0 aromatic heterocycles. The van der Waals surface area contributed by atoms with Gasteiger partial charge in [-0.2, -0.15) is 0 Å². The van der Waals surface area contributed by atoms with E-state index in [1.807, 2.05) is 20.8 Å². The van der Waals surface area contributed by atoms with Gasteiger partial charge in [0.25, 0.3) is 0 Å². The molecule has 0 bridgehead atoms. The number of rotatable bonds is 3. The Hall–Kier alpha value is -2.33. The van der Waals surface area contributed by atoms with Crippen LogP contribution in [0, 0.1) is 0 Å². The molecular formula is C18H18ClNO3. The Morgan fingerprint density at radius 3 is 2.13 bits per heavy atom. The first-order chi connectivity index (χ1) is 10.8. The lowest BCUT2D eigenvalue weighted by atomic mass is 10.0. The van der Waals surface area contributed by atoms with Gasteiger partial charge in [-0.3, -0.25) is 4.79 Å². The predicted octanol–water partition coefficient (Wildman–Crippen LogP) is 4.46. The van der Waals surface area contributed by atoms with E-state index in [0.29, 0.717) is 10.6 Å². The van der Waals surface area contributed by atoms with Gasteiger partial charge in [0.15, 0.2) is 5.78 Å². The van der Waals surface area contributed by atoms with Crippen molar-refractivity contribution in [2.24, 2.45) is 0 Å². The molecule has 0 fully saturated rings. The monoisotopic (exact) mass is 331 g/mol. The second-order valence-corrected chi connectivity index (χ2v) is 6.48. The fourth-order valence-electron chi connectivity index (χ4n) is 1.97. The molecule has 2 rings (SSSR count). The van der Waals surface area contributed by atoms with E-state index in [-0.39, 0.29) is 17.1 Å². The number of carbonyl (C=O) groups excluding carboxylic acids is 2. The number of hydrogen-bond acceptors (Lipinski definition) is 3. The molecule has 0 saturated carbocycles. The Labute approximate surface area is 140 Å². The Bertz CT molecular complexity index is 735. The topological polar surface area (TPSA) is 55.4 Å². The van der Waals surface area contributed by atoms with Crippen molar-refractivity contribution in [2.75, 3.05) is 0 Å². The van der Waals surface area contributed by atoms with Gasteiger partial charge in [-0.1, -0.05) is 35.9 Å². The third-order valence-electron chi connectivity index (χ3n) is 2.93. The number of halogens is 1. The zero-order valence-corrected chi connectivity index (χ0v) is 14.0. The fraction of sp³-hybridized carbons (Fsp3) is 0.222. The lowest BCUT2D eigenvalue weighted by Crippen LogP contribution is -2.42. The molecule has 23 heavy (non-hydrogen) atoms. The maximum Gasteiger partial charge on any atom is 0.413 e. The van der Waals surface area contributed by atoms with Crippen molar-refractivity contribution in [3.63, 3.8) is 0 Å². The summed E-state index contributed by atoms with van der Waals surface area (Å²) in [7, 11) is 0. The molecule has 120 valence electrons. The number of ketones is 1. The quantitative estimate of drug-likeness (QED) is 0.845. The number of benzene rings is 2. The van der Waals surface area contributed by atoms with Crippen LogP contribution < -0.4 is 10.1 Å². The van der Waals surface area contributed by atoms with E-state index in [4.69, 9.17) is 16.3 Å². The third kappa shape index (κ3) is 4.57. The van der Waals surface area contributed by atoms with Gasteiger partial charge in [0.1, 0.15) is 5.75 Å². The average molecular weight is 332 g/mol. The summed E-state index contributed by atoms with van der Waals surface area (Å²) in [6, 6.07) is 13.3. The lowest BCUT2D eigenvalue weighted by molar-refractivity contribution is 0.103. The summed E-state index contributed by atoms with van der Waals surface area (Å²) in [4.78, 5) is 24.6. The number of nitrogens with one attached hydrogen (secondary N) is 1. The van der Waals surface area contributed by atoms with Crippen LogP contribution >= 0.6 is 11.6 Å². The normalized spacial score (nSPS) is 11.0. The van der Waals surface area contributed by atoms with Gasteiger partial charge in [0.2, 0.25) is 0 Å². The van der Waals surface area contributed by atoms with Crippen LogP contribution in [-0.4, -0.2) is 17.4 Å². The summed E-state index contributed by atoms with van der Waals surface area (Å²) in [5.41, 5.74) is 0.213. The van der Waals surface area contributed by atoms with E-state index >= 15 is 0 Å². The second kappa shape index (κ2) is 6.84. The highest BCUT2D eigenvalue weighted by Crippen LogP contribution is 2.25. The molecule has 0 heterocycles. The van der Waals surface area contributed by atoms with Crippen molar-refractivity contribution in [1.29, 1.82) is 0 Å². The van der Waals surface area contributed by atoms with Gasteiger partial charge < -0.3 is 10.1 Å². The minimum atomic E-state index is -0.614. The molecule has 0 aliphatic carbocycles. The van der Waals surface area contributed by atoms with Gasteiger partial charge in [-0.25, -0.2) is 4.79 Å². The molecule has 2 aromatic carbocycles. The summed E-state index contributed by atoms with van der Waals surface area (Å²) in [5.74, 6) is -0.103. The molecule has 0 unspecified atom stereocenters. The molecule has 1 N–H and O–H groups in total. The maximum absolute atomic E-state index is 12.7. The van der Waals surface area contributed by atoms with Gasteiger partial charge in [-0.15, -0.1) is 0 Å². The SMILES string of the molecule is CC(C)(C)NC(=O)Oc1ccccc1C(=O)c1ccccc1Cl. The molecule has 4 nitrogen and oxygen atoms in total. The van der Waals surface area contributed by atoms with Crippen LogP contribution in [0.2, 0.25) is 5.02 Å². The van der Waals surface area contributed by atoms with Crippen LogP contribution in [0.5, 0.6) is 5.75 Å². The van der Waals surface area contributed by atoms with Gasteiger partial charge in [0.05, 0.1) is 10.6 Å². The molecule has 0 aliphatic rings. The largest absolute Gasteiger partial charge is 0.413 e. The van der Waals surface area contributed by atoms with Crippen molar-refractivity contribution in [3.8, 4) is 5.75 Å². The molecule has 1 amide bonds. The Morgan fingerprint density at radius 2 is 1.52 bits per heavy atom. The predicted molar refractivity (Wildman–Crippen MR) is 90.2 cm³/mol. The summed E-state index contributed by atoms with van der Waals surface area (Å²) in [6.07, 6.45) is -0.614. The minimum Gasteiger partial charge on any atom is -0.410 e. The van der Waals surface area contributed by atoms with Crippen molar-refractivity contribution in [1.82, 2.24) is 5.32 Å². The zero-order chi connectivity index (χ0) is 17.0. The van der Waals surface area contributed by atoms with Crippen LogP contribution in [0.3, 0.4) is 0 Å². The van der Waals surface area contributed by atoms with E-state index in [2.05, 4.69) is 5.32 Å². The molecule has 0 atom stereocenters. The Morgan fingerprint density at radius 1 is 0.957 bits per heavy atom. The van der Waals surface area contributed by atoms with E-state index in [1.54, 1.807) is 48.5 Å². The third-order valence-corrected chi connectivity index (χ3v) is 3.26. The summed E-state index contributed by atoms with van der Waals surface area (Å²) in [6.45, 7) is 5.53. The smallest absolute Gasteiger partial charge is 0.410 e. The zero-order valence-electron chi connectivity index (χ0n) is 13.2. The number of para-hydroxylation sites is 1. The first-order valence-electron chi connectivity index (χ1n) is 7.16. The highest BCUT2D eigenvalue weighted by molar-refractivity contribution is 6.35. The number of hydrogen-bond donors (Lipinski definition) is 1. The molecule has 0 spiro atoms. The first-order valence-corrected chi connectivity index (χ1v) is 7.54. The summed E-state index contributed by atoms with van der Waals surface area (Å²) in [5, 5.41) is 3.04. The van der Waals surface area contributed by atoms with Gasteiger partial charge in [0, 0.05) is 11.1 Å². The molecule has 0 saturated heterocycles. The van der Waals surface area contributed by atoms with E-state index in [1.165, 1.54) is 0 Å². The Balaban J connectivity index is 2.29. The summed E-state index contributed by atoms with van der Waals surface area (Å²) < 4.78 is 5.29. The molecule has 0 radical (unpaired) electrons. The van der Waals surface area contributed by atoms with Crippen molar-refractivity contribution < 1.29 is 14.3 Å². The number of amides is 1.